The fourth-order valence-electron chi connectivity index (χ4n) is 9.28. The average Bonchev–Trinajstić information content (AvgIpc) is 3.91. The molecule has 0 spiro atoms. The predicted octanol–water partition coefficient (Wildman–Crippen LogP) is 16.8. The Morgan fingerprint density at radius 1 is 0.279 bits per heavy atom. The van der Waals surface area contributed by atoms with Gasteiger partial charge in [-0.3, -0.25) is 0 Å². The first-order valence-electron chi connectivity index (χ1n) is 20.7. The van der Waals surface area contributed by atoms with Gasteiger partial charge in [0.05, 0.1) is 5.69 Å². The molecule has 0 unspecified atom stereocenters. The number of fused-ring (bicyclic) bond motifs is 7. The van der Waals surface area contributed by atoms with Gasteiger partial charge in [-0.2, -0.15) is 0 Å². The van der Waals surface area contributed by atoms with E-state index in [0.29, 0.717) is 0 Å². The van der Waals surface area contributed by atoms with Gasteiger partial charge in [0, 0.05) is 38.5 Å². The SMILES string of the molecule is c1cc(-c2ccccc2N(c2ccc(-c3cccc4oc5ccccc5c34)cc2)c2ccc(-c3cccc4oc5ccccc5c34)cc2)cc(-c2cccc3ccccc23)c1. The third-order valence-electron chi connectivity index (χ3n) is 12.1. The third kappa shape index (κ3) is 5.90. The quantitative estimate of drug-likeness (QED) is 0.161. The monoisotopic (exact) mass is 779 g/mol. The van der Waals surface area contributed by atoms with Gasteiger partial charge in [-0.05, 0) is 110 Å². The summed E-state index contributed by atoms with van der Waals surface area (Å²) < 4.78 is 12.5. The van der Waals surface area contributed by atoms with Gasteiger partial charge in [-0.25, -0.2) is 0 Å². The fraction of sp³-hybridized carbons (Fsp3) is 0. The molecule has 286 valence electrons. The second-order valence-corrected chi connectivity index (χ2v) is 15.6. The molecule has 2 heterocycles. The minimum Gasteiger partial charge on any atom is -0.456 e. The maximum atomic E-state index is 6.27. The molecule has 61 heavy (non-hydrogen) atoms. The van der Waals surface area contributed by atoms with Crippen LogP contribution in [0.4, 0.5) is 17.1 Å². The summed E-state index contributed by atoms with van der Waals surface area (Å²) in [5.74, 6) is 0. The van der Waals surface area contributed by atoms with Crippen molar-refractivity contribution < 1.29 is 8.83 Å². The summed E-state index contributed by atoms with van der Waals surface area (Å²) in [6.07, 6.45) is 0. The molecule has 3 nitrogen and oxygen atoms in total. The lowest BCUT2D eigenvalue weighted by atomic mass is 9.94. The molecule has 0 saturated heterocycles. The van der Waals surface area contributed by atoms with E-state index in [1.54, 1.807) is 0 Å². The highest BCUT2D eigenvalue weighted by Crippen LogP contribution is 2.45. The first-order chi connectivity index (χ1) is 30.2. The molecule has 3 heteroatoms. The van der Waals surface area contributed by atoms with Crippen LogP contribution < -0.4 is 4.90 Å². The van der Waals surface area contributed by atoms with E-state index in [2.05, 4.69) is 205 Å². The van der Waals surface area contributed by atoms with Gasteiger partial charge in [0.15, 0.2) is 0 Å². The van der Waals surface area contributed by atoms with Crippen LogP contribution in [-0.2, 0) is 0 Å². The smallest absolute Gasteiger partial charge is 0.136 e. The summed E-state index contributed by atoms with van der Waals surface area (Å²) in [7, 11) is 0. The Bertz CT molecular complexity index is 3430. The molecule has 0 amide bonds. The number of nitrogens with zero attached hydrogens (tertiary/aromatic N) is 1. The zero-order valence-corrected chi connectivity index (χ0v) is 33.1. The zero-order valence-electron chi connectivity index (χ0n) is 33.1. The number of rotatable bonds is 7. The van der Waals surface area contributed by atoms with Gasteiger partial charge in [0.2, 0.25) is 0 Å². The van der Waals surface area contributed by atoms with Crippen LogP contribution >= 0.6 is 0 Å². The van der Waals surface area contributed by atoms with Crippen molar-refractivity contribution in [3.8, 4) is 44.5 Å². The topological polar surface area (TPSA) is 29.5 Å². The maximum Gasteiger partial charge on any atom is 0.136 e. The van der Waals surface area contributed by atoms with Gasteiger partial charge in [0.1, 0.15) is 22.3 Å². The molecule has 0 aliphatic carbocycles. The summed E-state index contributed by atoms with van der Waals surface area (Å²) in [4.78, 5) is 2.38. The molecule has 12 rings (SSSR count). The fourth-order valence-corrected chi connectivity index (χ4v) is 9.28. The summed E-state index contributed by atoms with van der Waals surface area (Å²) in [6.45, 7) is 0. The molecule has 12 aromatic rings. The molecule has 0 aliphatic heterocycles. The van der Waals surface area contributed by atoms with Crippen molar-refractivity contribution in [2.75, 3.05) is 4.90 Å². The van der Waals surface area contributed by atoms with Gasteiger partial charge >= 0.3 is 0 Å². The van der Waals surface area contributed by atoms with Crippen LogP contribution in [0.5, 0.6) is 0 Å². The van der Waals surface area contributed by atoms with E-state index in [-0.39, 0.29) is 0 Å². The van der Waals surface area contributed by atoms with Crippen LogP contribution in [-0.4, -0.2) is 0 Å². The Kier molecular flexibility index (Phi) is 8.17. The molecule has 0 fully saturated rings. The lowest BCUT2D eigenvalue weighted by Crippen LogP contribution is -2.11. The molecule has 0 aliphatic rings. The lowest BCUT2D eigenvalue weighted by molar-refractivity contribution is 0.668. The van der Waals surface area contributed by atoms with Crippen molar-refractivity contribution in [2.24, 2.45) is 0 Å². The van der Waals surface area contributed by atoms with Crippen molar-refractivity contribution in [3.05, 3.63) is 224 Å². The average molecular weight is 780 g/mol. The Labute approximate surface area is 353 Å². The summed E-state index contributed by atoms with van der Waals surface area (Å²) in [6, 6.07) is 80.0. The largest absolute Gasteiger partial charge is 0.456 e. The van der Waals surface area contributed by atoms with E-state index in [0.717, 1.165) is 94.3 Å². The van der Waals surface area contributed by atoms with Crippen LogP contribution in [0.3, 0.4) is 0 Å². The first kappa shape index (κ1) is 34.9. The van der Waals surface area contributed by atoms with E-state index in [1.807, 2.05) is 24.3 Å². The van der Waals surface area contributed by atoms with Gasteiger partial charge < -0.3 is 13.7 Å². The molecule has 10 aromatic carbocycles. The van der Waals surface area contributed by atoms with Crippen molar-refractivity contribution in [1.29, 1.82) is 0 Å². The van der Waals surface area contributed by atoms with Crippen molar-refractivity contribution in [1.82, 2.24) is 0 Å². The van der Waals surface area contributed by atoms with Crippen molar-refractivity contribution >= 4 is 71.7 Å². The highest BCUT2D eigenvalue weighted by molar-refractivity contribution is 6.13. The number of furan rings is 2. The first-order valence-corrected chi connectivity index (χ1v) is 20.7. The lowest BCUT2D eigenvalue weighted by Gasteiger charge is -2.28. The van der Waals surface area contributed by atoms with Crippen LogP contribution in [0.25, 0.3) is 99.2 Å². The normalized spacial score (nSPS) is 11.6. The van der Waals surface area contributed by atoms with E-state index in [1.165, 1.54) is 21.9 Å². The van der Waals surface area contributed by atoms with Crippen molar-refractivity contribution in [3.63, 3.8) is 0 Å². The summed E-state index contributed by atoms with van der Waals surface area (Å²) >= 11 is 0. The number of anilines is 3. The van der Waals surface area contributed by atoms with E-state index in [4.69, 9.17) is 8.83 Å². The maximum absolute atomic E-state index is 6.27. The number of benzene rings is 10. The van der Waals surface area contributed by atoms with Gasteiger partial charge in [0.25, 0.3) is 0 Å². The standard InChI is InChI=1S/C58H37NO2/c1-2-17-45-38(13-1)14-10-21-46(45)41-15-9-16-42(37-41)47-18-3-6-24-52(47)59(43-33-29-39(30-34-43)48-22-11-27-55-57(48)50-19-4-7-25-53(50)60-55)44-35-31-40(32-36-44)49-23-12-28-56-58(49)51-20-5-8-26-54(51)61-56/h1-37H. The molecule has 0 radical (unpaired) electrons. The second-order valence-electron chi connectivity index (χ2n) is 15.6. The summed E-state index contributed by atoms with van der Waals surface area (Å²) in [5, 5.41) is 6.99. The van der Waals surface area contributed by atoms with Gasteiger partial charge in [-0.15, -0.1) is 0 Å². The van der Waals surface area contributed by atoms with Gasteiger partial charge in [-0.1, -0.05) is 164 Å². The number of hydrogen-bond donors (Lipinski definition) is 0. The third-order valence-corrected chi connectivity index (χ3v) is 12.1. The highest BCUT2D eigenvalue weighted by Gasteiger charge is 2.20. The van der Waals surface area contributed by atoms with E-state index in [9.17, 15) is 0 Å². The Balaban J connectivity index is 1.00. The minimum atomic E-state index is 0.892. The zero-order chi connectivity index (χ0) is 40.3. The number of para-hydroxylation sites is 3. The highest BCUT2D eigenvalue weighted by atomic mass is 16.3. The number of hydrogen-bond acceptors (Lipinski definition) is 3. The second kappa shape index (κ2) is 14.3. The van der Waals surface area contributed by atoms with E-state index < -0.39 is 0 Å². The van der Waals surface area contributed by atoms with Crippen LogP contribution in [0, 0.1) is 0 Å². The minimum absolute atomic E-state index is 0.892. The Morgan fingerprint density at radius 2 is 0.705 bits per heavy atom. The van der Waals surface area contributed by atoms with Crippen LogP contribution in [0.15, 0.2) is 233 Å². The summed E-state index contributed by atoms with van der Waals surface area (Å²) in [5.41, 5.74) is 16.0. The molecule has 0 atom stereocenters. The molecule has 0 N–H and O–H groups in total. The molecular weight excluding hydrogens is 743 g/mol. The predicted molar refractivity (Wildman–Crippen MR) is 255 cm³/mol. The molecule has 0 bridgehead atoms. The van der Waals surface area contributed by atoms with Crippen LogP contribution in [0.1, 0.15) is 0 Å². The van der Waals surface area contributed by atoms with Crippen molar-refractivity contribution in [2.45, 2.75) is 0 Å². The Morgan fingerprint density at radius 3 is 1.33 bits per heavy atom. The molecular formula is C58H37NO2. The Hall–Kier alpha value is -8.14. The molecule has 2 aromatic heterocycles. The molecule has 0 saturated carbocycles. The van der Waals surface area contributed by atoms with Crippen LogP contribution in [0.2, 0.25) is 0 Å². The van der Waals surface area contributed by atoms with E-state index >= 15 is 0 Å².